The number of nitrogens with one attached hydrogen (secondary N) is 1. The zero-order valence-corrected chi connectivity index (χ0v) is 11.2. The molecule has 0 aliphatic heterocycles. The van der Waals surface area contributed by atoms with Crippen molar-refractivity contribution >= 4 is 11.6 Å². The lowest BCUT2D eigenvalue weighted by molar-refractivity contribution is 0.448. The molecule has 0 aliphatic rings. The minimum Gasteiger partial charge on any atom is -0.310 e. The van der Waals surface area contributed by atoms with Gasteiger partial charge in [-0.05, 0) is 43.0 Å². The molecule has 0 saturated heterocycles. The van der Waals surface area contributed by atoms with E-state index in [4.69, 9.17) is 11.6 Å². The van der Waals surface area contributed by atoms with E-state index in [-0.39, 0.29) is 0 Å². The van der Waals surface area contributed by atoms with Crippen LogP contribution in [0.5, 0.6) is 0 Å². The molecule has 0 fully saturated rings. The second kappa shape index (κ2) is 6.93. The van der Waals surface area contributed by atoms with Crippen LogP contribution in [0.1, 0.15) is 45.2 Å². The minimum absolute atomic E-state index is 0.436. The van der Waals surface area contributed by atoms with E-state index in [1.807, 2.05) is 12.1 Å². The maximum Gasteiger partial charge on any atom is 0.0409 e. The van der Waals surface area contributed by atoms with E-state index < -0.39 is 0 Å². The molecule has 16 heavy (non-hydrogen) atoms. The van der Waals surface area contributed by atoms with Crippen LogP contribution in [0, 0.1) is 5.92 Å². The van der Waals surface area contributed by atoms with Crippen LogP contribution in [0.25, 0.3) is 0 Å². The van der Waals surface area contributed by atoms with Crippen molar-refractivity contribution < 1.29 is 0 Å². The highest BCUT2D eigenvalue weighted by Crippen LogP contribution is 2.23. The lowest BCUT2D eigenvalue weighted by atomic mass is 9.97. The molecule has 2 heteroatoms. The fourth-order valence-corrected chi connectivity index (χ4v) is 2.06. The van der Waals surface area contributed by atoms with Gasteiger partial charge in [0.2, 0.25) is 0 Å². The summed E-state index contributed by atoms with van der Waals surface area (Å²) in [5.74, 6) is 0.750. The summed E-state index contributed by atoms with van der Waals surface area (Å²) in [7, 11) is 0. The smallest absolute Gasteiger partial charge is 0.0409 e. The summed E-state index contributed by atoms with van der Waals surface area (Å²) < 4.78 is 0. The van der Waals surface area contributed by atoms with Crippen molar-refractivity contribution in [2.45, 2.75) is 39.7 Å². The highest BCUT2D eigenvalue weighted by molar-refractivity contribution is 6.30. The normalized spacial score (nSPS) is 13.1. The Kier molecular flexibility index (Phi) is 5.86. The Balaban J connectivity index is 2.68. The van der Waals surface area contributed by atoms with Gasteiger partial charge in [-0.1, -0.05) is 44.5 Å². The van der Waals surface area contributed by atoms with Gasteiger partial charge in [0.25, 0.3) is 0 Å². The summed E-state index contributed by atoms with van der Waals surface area (Å²) in [5.41, 5.74) is 1.30. The van der Waals surface area contributed by atoms with E-state index >= 15 is 0 Å². The zero-order valence-electron chi connectivity index (χ0n) is 10.5. The van der Waals surface area contributed by atoms with E-state index in [2.05, 4.69) is 38.2 Å². The SMILES string of the molecule is CCNC(CCC(C)C)c1cccc(Cl)c1. The van der Waals surface area contributed by atoms with Crippen LogP contribution in [-0.4, -0.2) is 6.54 Å². The molecule has 1 unspecified atom stereocenters. The maximum atomic E-state index is 6.02. The lowest BCUT2D eigenvalue weighted by Gasteiger charge is -2.19. The van der Waals surface area contributed by atoms with Gasteiger partial charge in [0.15, 0.2) is 0 Å². The second-order valence-corrected chi connectivity index (χ2v) is 5.07. The van der Waals surface area contributed by atoms with Gasteiger partial charge in [-0.15, -0.1) is 0 Å². The standard InChI is InChI=1S/C14H22ClN/c1-4-16-14(9-8-11(2)3)12-6-5-7-13(15)10-12/h5-7,10-11,14,16H,4,8-9H2,1-3H3. The molecular weight excluding hydrogens is 218 g/mol. The summed E-state index contributed by atoms with van der Waals surface area (Å²) in [5, 5.41) is 4.35. The van der Waals surface area contributed by atoms with Gasteiger partial charge in [-0.25, -0.2) is 0 Å². The van der Waals surface area contributed by atoms with Crippen LogP contribution in [0.15, 0.2) is 24.3 Å². The van der Waals surface area contributed by atoms with Gasteiger partial charge in [0, 0.05) is 11.1 Å². The third-order valence-corrected chi connectivity index (χ3v) is 2.97. The Labute approximate surface area is 104 Å². The van der Waals surface area contributed by atoms with Crippen LogP contribution in [0.3, 0.4) is 0 Å². The molecular formula is C14H22ClN. The van der Waals surface area contributed by atoms with Crippen LogP contribution in [0.2, 0.25) is 5.02 Å². The first-order valence-corrected chi connectivity index (χ1v) is 6.50. The predicted octanol–water partition coefficient (Wildman–Crippen LogP) is 4.43. The number of hydrogen-bond acceptors (Lipinski definition) is 1. The molecule has 1 atom stereocenters. The molecule has 0 spiro atoms. The highest BCUT2D eigenvalue weighted by atomic mass is 35.5. The van der Waals surface area contributed by atoms with Gasteiger partial charge in [0.05, 0.1) is 0 Å². The number of benzene rings is 1. The van der Waals surface area contributed by atoms with E-state index in [0.29, 0.717) is 6.04 Å². The number of halogens is 1. The van der Waals surface area contributed by atoms with E-state index in [1.54, 1.807) is 0 Å². The van der Waals surface area contributed by atoms with Crippen molar-refractivity contribution in [3.05, 3.63) is 34.9 Å². The largest absolute Gasteiger partial charge is 0.310 e. The Morgan fingerprint density at radius 1 is 1.25 bits per heavy atom. The van der Waals surface area contributed by atoms with E-state index in [9.17, 15) is 0 Å². The first kappa shape index (κ1) is 13.5. The molecule has 0 aliphatic carbocycles. The minimum atomic E-state index is 0.436. The average Bonchev–Trinajstić information content (AvgIpc) is 2.24. The first-order valence-electron chi connectivity index (χ1n) is 6.12. The molecule has 1 aromatic carbocycles. The van der Waals surface area contributed by atoms with Gasteiger partial charge in [0.1, 0.15) is 0 Å². The zero-order chi connectivity index (χ0) is 12.0. The third-order valence-electron chi connectivity index (χ3n) is 2.73. The van der Waals surface area contributed by atoms with Gasteiger partial charge in [-0.2, -0.15) is 0 Å². The summed E-state index contributed by atoms with van der Waals surface area (Å²) in [4.78, 5) is 0. The number of hydrogen-bond donors (Lipinski definition) is 1. The fraction of sp³-hybridized carbons (Fsp3) is 0.571. The molecule has 1 N–H and O–H groups in total. The van der Waals surface area contributed by atoms with Crippen LogP contribution in [0.4, 0.5) is 0 Å². The predicted molar refractivity (Wildman–Crippen MR) is 71.9 cm³/mol. The van der Waals surface area contributed by atoms with Crippen molar-refractivity contribution in [2.75, 3.05) is 6.54 Å². The lowest BCUT2D eigenvalue weighted by Crippen LogP contribution is -2.21. The molecule has 0 radical (unpaired) electrons. The van der Waals surface area contributed by atoms with E-state index in [1.165, 1.54) is 18.4 Å². The van der Waals surface area contributed by atoms with Crippen molar-refractivity contribution in [3.63, 3.8) is 0 Å². The van der Waals surface area contributed by atoms with E-state index in [0.717, 1.165) is 17.5 Å². The molecule has 0 amide bonds. The molecule has 0 aromatic heterocycles. The molecule has 0 bridgehead atoms. The third kappa shape index (κ3) is 4.54. The average molecular weight is 240 g/mol. The van der Waals surface area contributed by atoms with Crippen molar-refractivity contribution in [3.8, 4) is 0 Å². The molecule has 90 valence electrons. The second-order valence-electron chi connectivity index (χ2n) is 4.64. The summed E-state index contributed by atoms with van der Waals surface area (Å²) in [6, 6.07) is 8.61. The van der Waals surface area contributed by atoms with Gasteiger partial charge >= 0.3 is 0 Å². The van der Waals surface area contributed by atoms with Crippen LogP contribution in [-0.2, 0) is 0 Å². The summed E-state index contributed by atoms with van der Waals surface area (Å²) in [6.45, 7) is 7.67. The molecule has 0 heterocycles. The highest BCUT2D eigenvalue weighted by Gasteiger charge is 2.10. The summed E-state index contributed by atoms with van der Waals surface area (Å²) >= 11 is 6.02. The van der Waals surface area contributed by atoms with Gasteiger partial charge in [-0.3, -0.25) is 0 Å². The van der Waals surface area contributed by atoms with Crippen LogP contribution < -0.4 is 5.32 Å². The van der Waals surface area contributed by atoms with Crippen molar-refractivity contribution in [2.24, 2.45) is 5.92 Å². The van der Waals surface area contributed by atoms with Crippen molar-refractivity contribution in [1.29, 1.82) is 0 Å². The maximum absolute atomic E-state index is 6.02. The fourth-order valence-electron chi connectivity index (χ4n) is 1.86. The van der Waals surface area contributed by atoms with Crippen LogP contribution >= 0.6 is 11.6 Å². The Morgan fingerprint density at radius 3 is 2.56 bits per heavy atom. The first-order chi connectivity index (χ1) is 7.63. The monoisotopic (exact) mass is 239 g/mol. The Morgan fingerprint density at radius 2 is 2.00 bits per heavy atom. The summed E-state index contributed by atoms with van der Waals surface area (Å²) in [6.07, 6.45) is 2.41. The molecule has 1 nitrogen and oxygen atoms in total. The Bertz CT molecular complexity index is 309. The van der Waals surface area contributed by atoms with Crippen molar-refractivity contribution in [1.82, 2.24) is 5.32 Å². The molecule has 1 aromatic rings. The molecule has 0 saturated carbocycles. The molecule has 1 rings (SSSR count). The number of rotatable bonds is 6. The van der Waals surface area contributed by atoms with Gasteiger partial charge < -0.3 is 5.32 Å². The Hall–Kier alpha value is -0.530. The topological polar surface area (TPSA) is 12.0 Å². The quantitative estimate of drug-likeness (QED) is 0.775.